The van der Waals surface area contributed by atoms with Crippen molar-refractivity contribution in [2.45, 2.75) is 6.54 Å². The number of halogens is 1. The summed E-state index contributed by atoms with van der Waals surface area (Å²) in [6.45, 7) is 0.423. The maximum Gasteiger partial charge on any atom is 0.134 e. The maximum absolute atomic E-state index is 8.76. The van der Waals surface area contributed by atoms with Crippen molar-refractivity contribution in [2.75, 3.05) is 13.7 Å². The number of aliphatic hydroxyl groups excluding tert-OH is 1. The van der Waals surface area contributed by atoms with Crippen LogP contribution in [0.4, 0.5) is 0 Å². The van der Waals surface area contributed by atoms with E-state index in [1.807, 2.05) is 18.2 Å². The van der Waals surface area contributed by atoms with Crippen LogP contribution in [-0.4, -0.2) is 28.6 Å². The number of methoxy groups -OCH3 is 1. The summed E-state index contributed by atoms with van der Waals surface area (Å²) in [6.07, 6.45) is 3.35. The fourth-order valence-electron chi connectivity index (χ4n) is 1.70. The first-order valence-corrected chi connectivity index (χ1v) is 6.05. The first-order chi connectivity index (χ1) is 9.22. The summed E-state index contributed by atoms with van der Waals surface area (Å²) in [5.74, 6) is 6.16. The summed E-state index contributed by atoms with van der Waals surface area (Å²) in [4.78, 5) is 0. The third-order valence-corrected chi connectivity index (χ3v) is 2.71. The normalized spacial score (nSPS) is 9.84. The Bertz CT molecular complexity index is 626. The van der Waals surface area contributed by atoms with Gasteiger partial charge in [-0.25, -0.2) is 0 Å². The molecule has 0 bridgehead atoms. The van der Waals surface area contributed by atoms with Crippen molar-refractivity contribution in [1.82, 2.24) is 9.78 Å². The van der Waals surface area contributed by atoms with Gasteiger partial charge in [0.1, 0.15) is 12.4 Å². The van der Waals surface area contributed by atoms with Crippen molar-refractivity contribution >= 4 is 11.6 Å². The predicted octanol–water partition coefficient (Wildman–Crippen LogP) is 1.94. The number of aliphatic hydroxyl groups is 1. The Balaban J connectivity index is 2.27. The number of nitrogens with zero attached hydrogens (tertiary/aromatic N) is 2. The molecule has 4 nitrogen and oxygen atoms in total. The van der Waals surface area contributed by atoms with Gasteiger partial charge in [-0.1, -0.05) is 29.5 Å². The number of aromatic nitrogens is 2. The largest absolute Gasteiger partial charge is 0.495 e. The van der Waals surface area contributed by atoms with Gasteiger partial charge in [-0.3, -0.25) is 4.68 Å². The van der Waals surface area contributed by atoms with Crippen molar-refractivity contribution < 1.29 is 9.84 Å². The monoisotopic (exact) mass is 276 g/mol. The van der Waals surface area contributed by atoms with Gasteiger partial charge >= 0.3 is 0 Å². The van der Waals surface area contributed by atoms with Gasteiger partial charge in [-0.15, -0.1) is 0 Å². The van der Waals surface area contributed by atoms with E-state index in [4.69, 9.17) is 21.4 Å². The lowest BCUT2D eigenvalue weighted by atomic mass is 10.1. The lowest BCUT2D eigenvalue weighted by molar-refractivity contribution is 0.350. The van der Waals surface area contributed by atoms with Gasteiger partial charge in [0.2, 0.25) is 0 Å². The van der Waals surface area contributed by atoms with Gasteiger partial charge in [0, 0.05) is 6.20 Å². The zero-order valence-corrected chi connectivity index (χ0v) is 11.2. The average Bonchev–Trinajstić information content (AvgIpc) is 2.82. The summed E-state index contributed by atoms with van der Waals surface area (Å²) in [6, 6.07) is 5.71. The van der Waals surface area contributed by atoms with Crippen LogP contribution in [0.25, 0.3) is 0 Å². The Labute approximate surface area is 116 Å². The molecule has 0 amide bonds. The zero-order chi connectivity index (χ0) is 13.7. The molecule has 1 N–H and O–H groups in total. The molecule has 0 saturated carbocycles. The molecule has 1 aromatic carbocycles. The Morgan fingerprint density at radius 3 is 2.95 bits per heavy atom. The van der Waals surface area contributed by atoms with Gasteiger partial charge in [-0.2, -0.15) is 5.10 Å². The fraction of sp³-hybridized carbons (Fsp3) is 0.214. The number of benzene rings is 1. The first kappa shape index (κ1) is 13.5. The van der Waals surface area contributed by atoms with Crippen LogP contribution in [0.15, 0.2) is 30.6 Å². The van der Waals surface area contributed by atoms with Crippen LogP contribution < -0.4 is 4.74 Å². The molecule has 0 unspecified atom stereocenters. The topological polar surface area (TPSA) is 47.3 Å². The summed E-state index contributed by atoms with van der Waals surface area (Å²) in [5.41, 5.74) is 1.77. The van der Waals surface area contributed by atoms with Crippen molar-refractivity contribution in [1.29, 1.82) is 0 Å². The number of hydrogen-bond donors (Lipinski definition) is 1. The second-order valence-electron chi connectivity index (χ2n) is 3.85. The van der Waals surface area contributed by atoms with Gasteiger partial charge in [-0.05, 0) is 17.7 Å². The standard InChI is InChI=1S/C14H13ClN2O2/c1-19-14-5-4-11(7-12(14)3-2-6-18)9-17-10-13(15)8-16-17/h4-5,7-8,10,18H,6,9H2,1H3. The molecule has 5 heteroatoms. The summed E-state index contributed by atoms with van der Waals surface area (Å²) >= 11 is 5.82. The third kappa shape index (κ3) is 3.50. The molecule has 1 heterocycles. The van der Waals surface area contributed by atoms with Crippen molar-refractivity contribution in [3.63, 3.8) is 0 Å². The molecular formula is C14H13ClN2O2. The molecule has 0 saturated heterocycles. The molecule has 2 rings (SSSR count). The molecule has 19 heavy (non-hydrogen) atoms. The Kier molecular flexibility index (Phi) is 4.45. The van der Waals surface area contributed by atoms with Crippen LogP contribution in [0.1, 0.15) is 11.1 Å². The highest BCUT2D eigenvalue weighted by Crippen LogP contribution is 2.19. The molecular weight excluding hydrogens is 264 g/mol. The van der Waals surface area contributed by atoms with Crippen LogP contribution in [0.2, 0.25) is 5.02 Å². The van der Waals surface area contributed by atoms with Crippen LogP contribution >= 0.6 is 11.6 Å². The molecule has 0 aliphatic carbocycles. The highest BCUT2D eigenvalue weighted by atomic mass is 35.5. The SMILES string of the molecule is COc1ccc(Cn2cc(Cl)cn2)cc1C#CCO. The minimum absolute atomic E-state index is 0.178. The Morgan fingerprint density at radius 2 is 2.32 bits per heavy atom. The summed E-state index contributed by atoms with van der Waals surface area (Å²) in [7, 11) is 1.59. The lowest BCUT2D eigenvalue weighted by Crippen LogP contribution is -2.00. The van der Waals surface area contributed by atoms with Gasteiger partial charge in [0.05, 0.1) is 30.4 Å². The number of hydrogen-bond acceptors (Lipinski definition) is 3. The van der Waals surface area contributed by atoms with E-state index in [9.17, 15) is 0 Å². The highest BCUT2D eigenvalue weighted by Gasteiger charge is 2.03. The van der Waals surface area contributed by atoms with Crippen molar-refractivity contribution in [3.05, 3.63) is 46.7 Å². The Hall–Kier alpha value is -1.96. The van der Waals surface area contributed by atoms with Crippen LogP contribution in [0.3, 0.4) is 0 Å². The predicted molar refractivity (Wildman–Crippen MR) is 73.3 cm³/mol. The van der Waals surface area contributed by atoms with Crippen LogP contribution in [0.5, 0.6) is 5.75 Å². The van der Waals surface area contributed by atoms with Crippen LogP contribution in [-0.2, 0) is 6.54 Å². The second kappa shape index (κ2) is 6.28. The van der Waals surface area contributed by atoms with E-state index in [-0.39, 0.29) is 6.61 Å². The zero-order valence-electron chi connectivity index (χ0n) is 10.4. The smallest absolute Gasteiger partial charge is 0.134 e. The second-order valence-corrected chi connectivity index (χ2v) is 4.29. The number of ether oxygens (including phenoxy) is 1. The summed E-state index contributed by atoms with van der Waals surface area (Å²) < 4.78 is 6.97. The fourth-order valence-corrected chi connectivity index (χ4v) is 1.85. The van der Waals surface area contributed by atoms with E-state index in [2.05, 4.69) is 16.9 Å². The van der Waals surface area contributed by atoms with E-state index < -0.39 is 0 Å². The van der Waals surface area contributed by atoms with Crippen molar-refractivity contribution in [2.24, 2.45) is 0 Å². The first-order valence-electron chi connectivity index (χ1n) is 5.67. The molecule has 1 aromatic heterocycles. The summed E-state index contributed by atoms with van der Waals surface area (Å²) in [5, 5.41) is 13.5. The molecule has 0 atom stereocenters. The van der Waals surface area contributed by atoms with E-state index >= 15 is 0 Å². The molecule has 0 aliphatic heterocycles. The molecule has 0 spiro atoms. The molecule has 0 fully saturated rings. The van der Waals surface area contributed by atoms with Crippen molar-refractivity contribution in [3.8, 4) is 17.6 Å². The number of rotatable bonds is 3. The van der Waals surface area contributed by atoms with E-state index in [0.717, 1.165) is 11.1 Å². The van der Waals surface area contributed by atoms with Gasteiger partial charge in [0.15, 0.2) is 0 Å². The average molecular weight is 277 g/mol. The van der Waals surface area contributed by atoms with Crippen LogP contribution in [0, 0.1) is 11.8 Å². The van der Waals surface area contributed by atoms with E-state index in [1.54, 1.807) is 24.2 Å². The van der Waals surface area contributed by atoms with E-state index in [0.29, 0.717) is 17.3 Å². The highest BCUT2D eigenvalue weighted by molar-refractivity contribution is 6.30. The lowest BCUT2D eigenvalue weighted by Gasteiger charge is -2.07. The molecule has 2 aromatic rings. The molecule has 0 aliphatic rings. The Morgan fingerprint density at radius 1 is 1.47 bits per heavy atom. The van der Waals surface area contributed by atoms with Gasteiger partial charge < -0.3 is 9.84 Å². The van der Waals surface area contributed by atoms with E-state index in [1.165, 1.54) is 0 Å². The minimum atomic E-state index is -0.178. The molecule has 0 radical (unpaired) electrons. The van der Waals surface area contributed by atoms with Gasteiger partial charge in [0.25, 0.3) is 0 Å². The quantitative estimate of drug-likeness (QED) is 0.872. The third-order valence-electron chi connectivity index (χ3n) is 2.51. The maximum atomic E-state index is 8.76. The minimum Gasteiger partial charge on any atom is -0.495 e. The molecule has 98 valence electrons.